The summed E-state index contributed by atoms with van der Waals surface area (Å²) in [6.45, 7) is 2.49. The second-order valence-electron chi connectivity index (χ2n) is 5.46. The number of carbonyl (C=O) groups excluding carboxylic acids is 1. The van der Waals surface area contributed by atoms with E-state index in [0.717, 1.165) is 23.6 Å². The Bertz CT molecular complexity index is 931. The Balaban J connectivity index is 1.63. The third-order valence-corrected chi connectivity index (χ3v) is 3.51. The predicted octanol–water partition coefficient (Wildman–Crippen LogP) is 4.15. The van der Waals surface area contributed by atoms with Crippen LogP contribution in [0.3, 0.4) is 0 Å². The monoisotopic (exact) mass is 370 g/mol. The van der Waals surface area contributed by atoms with Crippen LogP contribution in [0.2, 0.25) is 0 Å². The van der Waals surface area contributed by atoms with Crippen molar-refractivity contribution in [3.8, 4) is 5.75 Å². The molecule has 0 bridgehead atoms. The second kappa shape index (κ2) is 8.22. The Morgan fingerprint density at radius 2 is 1.67 bits per heavy atom. The fourth-order valence-electron chi connectivity index (χ4n) is 2.22. The van der Waals surface area contributed by atoms with Gasteiger partial charge in [0.1, 0.15) is 5.75 Å². The molecule has 0 fully saturated rings. The SMILES string of the molecule is CCOc1ccc(Nc2ncc(C(=O)Nc3ccc(F)c(F)c3)cn2)cc1. The van der Waals surface area contributed by atoms with Gasteiger partial charge in [-0.3, -0.25) is 4.79 Å². The van der Waals surface area contributed by atoms with Gasteiger partial charge in [-0.15, -0.1) is 0 Å². The molecule has 138 valence electrons. The average molecular weight is 370 g/mol. The van der Waals surface area contributed by atoms with Gasteiger partial charge in [-0.25, -0.2) is 18.7 Å². The van der Waals surface area contributed by atoms with Gasteiger partial charge in [0.2, 0.25) is 5.95 Å². The number of rotatable bonds is 6. The number of aromatic nitrogens is 2. The van der Waals surface area contributed by atoms with Crippen LogP contribution in [0.4, 0.5) is 26.1 Å². The van der Waals surface area contributed by atoms with E-state index >= 15 is 0 Å². The Kier molecular flexibility index (Phi) is 5.55. The Hall–Kier alpha value is -3.55. The number of hydrogen-bond donors (Lipinski definition) is 2. The largest absolute Gasteiger partial charge is 0.494 e. The zero-order valence-electron chi connectivity index (χ0n) is 14.4. The van der Waals surface area contributed by atoms with E-state index in [9.17, 15) is 13.6 Å². The van der Waals surface area contributed by atoms with Gasteiger partial charge in [0.05, 0.1) is 12.2 Å². The molecule has 0 aliphatic carbocycles. The molecule has 1 amide bonds. The van der Waals surface area contributed by atoms with Gasteiger partial charge < -0.3 is 15.4 Å². The van der Waals surface area contributed by atoms with E-state index < -0.39 is 17.5 Å². The van der Waals surface area contributed by atoms with Gasteiger partial charge in [-0.1, -0.05) is 0 Å². The quantitative estimate of drug-likeness (QED) is 0.682. The summed E-state index contributed by atoms with van der Waals surface area (Å²) >= 11 is 0. The number of nitrogens with zero attached hydrogens (tertiary/aromatic N) is 2. The van der Waals surface area contributed by atoms with Gasteiger partial charge >= 0.3 is 0 Å². The maximum atomic E-state index is 13.2. The zero-order chi connectivity index (χ0) is 19.2. The minimum Gasteiger partial charge on any atom is -0.494 e. The summed E-state index contributed by atoms with van der Waals surface area (Å²) in [4.78, 5) is 20.3. The highest BCUT2D eigenvalue weighted by molar-refractivity contribution is 6.03. The van der Waals surface area contributed by atoms with Crippen molar-refractivity contribution in [1.82, 2.24) is 9.97 Å². The van der Waals surface area contributed by atoms with Crippen molar-refractivity contribution in [2.45, 2.75) is 6.92 Å². The zero-order valence-corrected chi connectivity index (χ0v) is 14.4. The van der Waals surface area contributed by atoms with E-state index in [0.29, 0.717) is 12.6 Å². The van der Waals surface area contributed by atoms with E-state index in [1.807, 2.05) is 31.2 Å². The number of halogens is 2. The summed E-state index contributed by atoms with van der Waals surface area (Å²) in [5.74, 6) is -1.50. The van der Waals surface area contributed by atoms with Crippen LogP contribution in [-0.2, 0) is 0 Å². The molecule has 3 rings (SSSR count). The minimum absolute atomic E-state index is 0.135. The second-order valence-corrected chi connectivity index (χ2v) is 5.46. The molecule has 0 unspecified atom stereocenters. The molecule has 0 aliphatic rings. The van der Waals surface area contributed by atoms with E-state index in [1.54, 1.807) is 0 Å². The van der Waals surface area contributed by atoms with Crippen molar-refractivity contribution in [2.24, 2.45) is 0 Å². The van der Waals surface area contributed by atoms with Gasteiger partial charge in [0.25, 0.3) is 5.91 Å². The molecule has 3 aromatic rings. The van der Waals surface area contributed by atoms with Crippen LogP contribution in [0.1, 0.15) is 17.3 Å². The van der Waals surface area contributed by atoms with Gasteiger partial charge in [-0.05, 0) is 43.3 Å². The van der Waals surface area contributed by atoms with Crippen LogP contribution >= 0.6 is 0 Å². The molecule has 0 saturated heterocycles. The van der Waals surface area contributed by atoms with Crippen molar-refractivity contribution < 1.29 is 18.3 Å². The molecule has 6 nitrogen and oxygen atoms in total. The maximum absolute atomic E-state index is 13.2. The number of hydrogen-bond acceptors (Lipinski definition) is 5. The van der Waals surface area contributed by atoms with Crippen molar-refractivity contribution in [2.75, 3.05) is 17.2 Å². The Morgan fingerprint density at radius 3 is 2.30 bits per heavy atom. The summed E-state index contributed by atoms with van der Waals surface area (Å²) in [7, 11) is 0. The molecule has 0 aliphatic heterocycles. The first-order chi connectivity index (χ1) is 13.0. The summed E-state index contributed by atoms with van der Waals surface area (Å²) in [5, 5.41) is 5.46. The number of ether oxygens (including phenoxy) is 1. The van der Waals surface area contributed by atoms with Crippen LogP contribution in [-0.4, -0.2) is 22.5 Å². The van der Waals surface area contributed by atoms with Crippen LogP contribution in [0.5, 0.6) is 5.75 Å². The van der Waals surface area contributed by atoms with Crippen LogP contribution < -0.4 is 15.4 Å². The van der Waals surface area contributed by atoms with Crippen LogP contribution in [0.25, 0.3) is 0 Å². The fourth-order valence-corrected chi connectivity index (χ4v) is 2.22. The molecule has 1 heterocycles. The van der Waals surface area contributed by atoms with Crippen molar-refractivity contribution >= 4 is 23.2 Å². The highest BCUT2D eigenvalue weighted by atomic mass is 19.2. The van der Waals surface area contributed by atoms with Gasteiger partial charge in [0.15, 0.2) is 11.6 Å². The normalized spacial score (nSPS) is 10.3. The van der Waals surface area contributed by atoms with Gasteiger partial charge in [-0.2, -0.15) is 0 Å². The molecule has 2 aromatic carbocycles. The summed E-state index contributed by atoms with van der Waals surface area (Å²) in [6.07, 6.45) is 2.66. The van der Waals surface area contributed by atoms with Crippen LogP contribution in [0, 0.1) is 11.6 Å². The Morgan fingerprint density at radius 1 is 1.00 bits per heavy atom. The number of amides is 1. The molecule has 0 radical (unpaired) electrons. The lowest BCUT2D eigenvalue weighted by Crippen LogP contribution is -2.13. The first-order valence-electron chi connectivity index (χ1n) is 8.13. The fraction of sp³-hybridized carbons (Fsp3) is 0.105. The minimum atomic E-state index is -1.04. The molecule has 1 aromatic heterocycles. The van der Waals surface area contributed by atoms with E-state index in [4.69, 9.17) is 4.74 Å². The van der Waals surface area contributed by atoms with Crippen molar-refractivity contribution in [3.05, 3.63) is 72.1 Å². The summed E-state index contributed by atoms with van der Waals surface area (Å²) < 4.78 is 31.5. The van der Waals surface area contributed by atoms with Crippen molar-refractivity contribution in [1.29, 1.82) is 0 Å². The highest BCUT2D eigenvalue weighted by Crippen LogP contribution is 2.18. The third kappa shape index (κ3) is 4.75. The topological polar surface area (TPSA) is 76.1 Å². The number of nitrogens with one attached hydrogen (secondary N) is 2. The molecule has 27 heavy (non-hydrogen) atoms. The van der Waals surface area contributed by atoms with E-state index in [2.05, 4.69) is 20.6 Å². The lowest BCUT2D eigenvalue weighted by molar-refractivity contribution is 0.102. The lowest BCUT2D eigenvalue weighted by Gasteiger charge is -2.08. The number of carbonyl (C=O) groups is 1. The molecule has 0 spiro atoms. The maximum Gasteiger partial charge on any atom is 0.258 e. The highest BCUT2D eigenvalue weighted by Gasteiger charge is 2.10. The first-order valence-corrected chi connectivity index (χ1v) is 8.13. The molecular weight excluding hydrogens is 354 g/mol. The molecule has 0 atom stereocenters. The third-order valence-electron chi connectivity index (χ3n) is 3.51. The summed E-state index contributed by atoms with van der Waals surface area (Å²) in [6, 6.07) is 10.4. The standard InChI is InChI=1S/C19H16F2N4O2/c1-2-27-15-6-3-13(4-7-15)25-19-22-10-12(11-23-19)18(26)24-14-5-8-16(20)17(21)9-14/h3-11H,2H2,1H3,(H,24,26)(H,22,23,25). The predicted molar refractivity (Wildman–Crippen MR) is 97.2 cm³/mol. The first kappa shape index (κ1) is 18.2. The lowest BCUT2D eigenvalue weighted by atomic mass is 10.2. The van der Waals surface area contributed by atoms with Crippen molar-refractivity contribution in [3.63, 3.8) is 0 Å². The molecule has 0 saturated carbocycles. The van der Waals surface area contributed by atoms with Gasteiger partial charge in [0, 0.05) is 29.8 Å². The average Bonchev–Trinajstić information content (AvgIpc) is 2.67. The molecule has 2 N–H and O–H groups in total. The molecular formula is C19H16F2N4O2. The number of benzene rings is 2. The van der Waals surface area contributed by atoms with Crippen LogP contribution in [0.15, 0.2) is 54.9 Å². The van der Waals surface area contributed by atoms with E-state index in [1.165, 1.54) is 18.5 Å². The molecule has 8 heteroatoms. The Labute approximate surface area is 154 Å². The smallest absolute Gasteiger partial charge is 0.258 e. The number of anilines is 3. The summed E-state index contributed by atoms with van der Waals surface area (Å²) in [5.41, 5.74) is 1.07. The van der Waals surface area contributed by atoms with E-state index in [-0.39, 0.29) is 11.3 Å².